The van der Waals surface area contributed by atoms with Crippen molar-refractivity contribution in [3.63, 3.8) is 0 Å². The van der Waals surface area contributed by atoms with Crippen molar-refractivity contribution in [2.75, 3.05) is 0 Å². The Morgan fingerprint density at radius 2 is 2.30 bits per heavy atom. The summed E-state index contributed by atoms with van der Waals surface area (Å²) in [7, 11) is 0. The third-order valence-corrected chi connectivity index (χ3v) is 2.32. The molecular weight excluding hydrogens is 120 g/mol. The first-order valence-electron chi connectivity index (χ1n) is 3.89. The van der Waals surface area contributed by atoms with Gasteiger partial charge in [0.05, 0.1) is 0 Å². The molecule has 0 nitrogen and oxygen atoms in total. The number of hydrogen-bond donors (Lipinski definition) is 0. The molecule has 2 aliphatic carbocycles. The Hall–Kier alpha value is -0.780. The van der Waals surface area contributed by atoms with Crippen molar-refractivity contribution in [2.24, 2.45) is 11.8 Å². The molecule has 0 aromatic rings. The van der Waals surface area contributed by atoms with Gasteiger partial charge < -0.3 is 0 Å². The van der Waals surface area contributed by atoms with Crippen LogP contribution >= 0.6 is 0 Å². The molecule has 0 saturated carbocycles. The summed E-state index contributed by atoms with van der Waals surface area (Å²) in [5.74, 6) is 1.49. The average molecular weight is 132 g/mol. The van der Waals surface area contributed by atoms with Gasteiger partial charge in [0.2, 0.25) is 0 Å². The molecule has 0 aliphatic heterocycles. The molecule has 0 bridgehead atoms. The van der Waals surface area contributed by atoms with Gasteiger partial charge >= 0.3 is 0 Å². The number of fused-ring (bicyclic) bond motifs is 1. The summed E-state index contributed by atoms with van der Waals surface area (Å²) in [5.41, 5.74) is 1.42. The average Bonchev–Trinajstić information content (AvgIpc) is 2.33. The molecule has 0 radical (unpaired) electrons. The molecule has 2 aliphatic rings. The summed E-state index contributed by atoms with van der Waals surface area (Å²) >= 11 is 0. The van der Waals surface area contributed by atoms with Gasteiger partial charge in [-0.1, -0.05) is 36.0 Å². The summed E-state index contributed by atoms with van der Waals surface area (Å²) in [5, 5.41) is 0. The highest BCUT2D eigenvalue weighted by atomic mass is 14.2. The summed E-state index contributed by atoms with van der Waals surface area (Å²) in [6, 6.07) is 0. The zero-order valence-electron chi connectivity index (χ0n) is 6.25. The third kappa shape index (κ3) is 0.841. The minimum Gasteiger partial charge on any atom is -0.0873 e. The molecule has 10 heavy (non-hydrogen) atoms. The van der Waals surface area contributed by atoms with Crippen LogP contribution in [0.2, 0.25) is 0 Å². The van der Waals surface area contributed by atoms with E-state index in [0.717, 1.165) is 5.92 Å². The zero-order valence-corrected chi connectivity index (χ0v) is 6.25. The van der Waals surface area contributed by atoms with Gasteiger partial charge in [-0.15, -0.1) is 0 Å². The van der Waals surface area contributed by atoms with Crippen molar-refractivity contribution < 1.29 is 0 Å². The number of allylic oxidation sites excluding steroid dienone is 6. The standard InChI is InChI=1S/C10H12/c1-8-5-6-9-3-2-4-10(9)7-8/h2-3,5-7,9-10H,4H2,1H3. The minimum atomic E-state index is 0.712. The quantitative estimate of drug-likeness (QED) is 0.444. The van der Waals surface area contributed by atoms with Crippen LogP contribution in [0.5, 0.6) is 0 Å². The van der Waals surface area contributed by atoms with E-state index in [1.54, 1.807) is 0 Å². The highest BCUT2D eigenvalue weighted by Gasteiger charge is 2.19. The van der Waals surface area contributed by atoms with E-state index in [-0.39, 0.29) is 0 Å². The minimum absolute atomic E-state index is 0.712. The molecule has 0 heterocycles. The van der Waals surface area contributed by atoms with Crippen molar-refractivity contribution in [3.8, 4) is 0 Å². The summed E-state index contributed by atoms with van der Waals surface area (Å²) in [6.07, 6.45) is 12.7. The van der Waals surface area contributed by atoms with Crippen LogP contribution in [0.3, 0.4) is 0 Å². The first-order chi connectivity index (χ1) is 4.86. The Balaban J connectivity index is 2.25. The van der Waals surface area contributed by atoms with E-state index in [1.807, 2.05) is 0 Å². The fourth-order valence-corrected chi connectivity index (χ4v) is 1.73. The molecule has 0 aromatic carbocycles. The monoisotopic (exact) mass is 132 g/mol. The molecule has 0 saturated heterocycles. The van der Waals surface area contributed by atoms with Gasteiger partial charge in [-0.25, -0.2) is 0 Å². The van der Waals surface area contributed by atoms with Crippen molar-refractivity contribution in [3.05, 3.63) is 36.0 Å². The summed E-state index contributed by atoms with van der Waals surface area (Å²) in [6.45, 7) is 2.17. The lowest BCUT2D eigenvalue weighted by molar-refractivity contribution is 0.591. The van der Waals surface area contributed by atoms with Crippen LogP contribution in [-0.2, 0) is 0 Å². The highest BCUT2D eigenvalue weighted by molar-refractivity contribution is 5.28. The van der Waals surface area contributed by atoms with Crippen molar-refractivity contribution >= 4 is 0 Å². The van der Waals surface area contributed by atoms with Gasteiger partial charge in [-0.05, 0) is 19.3 Å². The Kier molecular flexibility index (Phi) is 1.26. The molecule has 0 aromatic heterocycles. The highest BCUT2D eigenvalue weighted by Crippen LogP contribution is 2.31. The molecule has 52 valence electrons. The lowest BCUT2D eigenvalue weighted by Gasteiger charge is -2.16. The Bertz CT molecular complexity index is 218. The lowest BCUT2D eigenvalue weighted by atomic mass is 9.89. The largest absolute Gasteiger partial charge is 0.0873 e. The second-order valence-corrected chi connectivity index (χ2v) is 3.17. The molecular formula is C10H12. The fourth-order valence-electron chi connectivity index (χ4n) is 1.73. The molecule has 0 amide bonds. The topological polar surface area (TPSA) is 0 Å². The van der Waals surface area contributed by atoms with Crippen LogP contribution < -0.4 is 0 Å². The Morgan fingerprint density at radius 1 is 1.40 bits per heavy atom. The van der Waals surface area contributed by atoms with Crippen LogP contribution in [0.25, 0.3) is 0 Å². The third-order valence-electron chi connectivity index (χ3n) is 2.32. The Labute approximate surface area is 61.9 Å². The zero-order chi connectivity index (χ0) is 6.97. The van der Waals surface area contributed by atoms with Crippen LogP contribution in [0.15, 0.2) is 36.0 Å². The van der Waals surface area contributed by atoms with Gasteiger partial charge in [-0.2, -0.15) is 0 Å². The summed E-state index contributed by atoms with van der Waals surface area (Å²) < 4.78 is 0. The van der Waals surface area contributed by atoms with Gasteiger partial charge in [0.15, 0.2) is 0 Å². The van der Waals surface area contributed by atoms with Gasteiger partial charge in [0.1, 0.15) is 0 Å². The predicted octanol–water partition coefficient (Wildman–Crippen LogP) is 2.69. The van der Waals surface area contributed by atoms with E-state index in [2.05, 4.69) is 37.3 Å². The van der Waals surface area contributed by atoms with Crippen LogP contribution in [0.1, 0.15) is 13.3 Å². The van der Waals surface area contributed by atoms with Crippen LogP contribution in [0.4, 0.5) is 0 Å². The van der Waals surface area contributed by atoms with E-state index >= 15 is 0 Å². The maximum absolute atomic E-state index is 2.38. The smallest absolute Gasteiger partial charge is 0.00158 e. The van der Waals surface area contributed by atoms with Crippen molar-refractivity contribution in [2.45, 2.75) is 13.3 Å². The van der Waals surface area contributed by atoms with E-state index in [4.69, 9.17) is 0 Å². The van der Waals surface area contributed by atoms with Crippen LogP contribution in [0, 0.1) is 11.8 Å². The normalized spacial score (nSPS) is 35.9. The molecule has 2 atom stereocenters. The predicted molar refractivity (Wildman–Crippen MR) is 43.6 cm³/mol. The second-order valence-electron chi connectivity index (χ2n) is 3.17. The molecule has 2 rings (SSSR count). The first kappa shape index (κ1) is 5.96. The van der Waals surface area contributed by atoms with Gasteiger partial charge in [0.25, 0.3) is 0 Å². The molecule has 0 fully saturated rings. The maximum atomic E-state index is 2.38. The Morgan fingerprint density at radius 3 is 3.20 bits per heavy atom. The van der Waals surface area contributed by atoms with E-state index in [1.165, 1.54) is 12.0 Å². The molecule has 0 heteroatoms. The second kappa shape index (κ2) is 2.12. The van der Waals surface area contributed by atoms with Gasteiger partial charge in [-0.3, -0.25) is 0 Å². The van der Waals surface area contributed by atoms with E-state index in [0.29, 0.717) is 5.92 Å². The lowest BCUT2D eigenvalue weighted by Crippen LogP contribution is -2.05. The summed E-state index contributed by atoms with van der Waals surface area (Å²) in [4.78, 5) is 0. The molecule has 0 spiro atoms. The van der Waals surface area contributed by atoms with Crippen molar-refractivity contribution in [1.82, 2.24) is 0 Å². The number of rotatable bonds is 0. The first-order valence-corrected chi connectivity index (χ1v) is 3.89. The molecule has 0 N–H and O–H groups in total. The van der Waals surface area contributed by atoms with Gasteiger partial charge in [0, 0.05) is 5.92 Å². The SMILES string of the molecule is CC1=CC2CC=CC2C=C1. The number of hydrogen-bond acceptors (Lipinski definition) is 0. The van der Waals surface area contributed by atoms with E-state index in [9.17, 15) is 0 Å². The van der Waals surface area contributed by atoms with E-state index < -0.39 is 0 Å². The maximum Gasteiger partial charge on any atom is 0.00158 e. The van der Waals surface area contributed by atoms with Crippen LogP contribution in [-0.4, -0.2) is 0 Å². The fraction of sp³-hybridized carbons (Fsp3) is 0.400. The van der Waals surface area contributed by atoms with Crippen molar-refractivity contribution in [1.29, 1.82) is 0 Å². The molecule has 2 unspecified atom stereocenters.